The second-order valence-corrected chi connectivity index (χ2v) is 8.46. The van der Waals surface area contributed by atoms with Crippen molar-refractivity contribution in [3.8, 4) is 0 Å². The molecule has 2 atom stereocenters. The van der Waals surface area contributed by atoms with Crippen molar-refractivity contribution < 1.29 is 9.18 Å². The Bertz CT molecular complexity index is 1070. The number of halogens is 1. The highest BCUT2D eigenvalue weighted by Gasteiger charge is 2.30. The van der Waals surface area contributed by atoms with Crippen LogP contribution in [-0.4, -0.2) is 42.1 Å². The third kappa shape index (κ3) is 3.95. The fourth-order valence-corrected chi connectivity index (χ4v) is 4.81. The molecule has 1 fully saturated rings. The Morgan fingerprint density at radius 1 is 1.30 bits per heavy atom. The van der Waals surface area contributed by atoms with E-state index in [1.165, 1.54) is 6.07 Å². The Labute approximate surface area is 178 Å². The summed E-state index contributed by atoms with van der Waals surface area (Å²) in [5.41, 5.74) is 8.83. The molecule has 1 aliphatic rings. The average Bonchev–Trinajstić information content (AvgIpc) is 3.22. The highest BCUT2D eigenvalue weighted by atomic mass is 32.1. The first kappa shape index (κ1) is 20.5. The predicted molar refractivity (Wildman–Crippen MR) is 119 cm³/mol. The van der Waals surface area contributed by atoms with Gasteiger partial charge in [0.25, 0.3) is 5.91 Å². The van der Waals surface area contributed by atoms with Gasteiger partial charge in [-0.25, -0.2) is 14.4 Å². The minimum Gasteiger partial charge on any atom is -0.365 e. The number of fused-ring (bicyclic) bond motifs is 1. The molecule has 4 rings (SSSR count). The molecular weight excluding hydrogens is 403 g/mol. The maximum Gasteiger partial charge on any atom is 0.252 e. The Morgan fingerprint density at radius 2 is 2.10 bits per heavy atom. The molecule has 1 saturated carbocycles. The van der Waals surface area contributed by atoms with E-state index in [0.717, 1.165) is 35.9 Å². The molecule has 1 aromatic carbocycles. The van der Waals surface area contributed by atoms with Crippen molar-refractivity contribution in [2.24, 2.45) is 5.73 Å². The number of pyridine rings is 1. The quantitative estimate of drug-likeness (QED) is 0.555. The van der Waals surface area contributed by atoms with Gasteiger partial charge in [-0.05, 0) is 44.2 Å². The molecule has 0 spiro atoms. The molecule has 0 saturated heterocycles. The number of likely N-dealkylation sites (N-methyl/N-ethyl adjacent to an activating group) is 2. The van der Waals surface area contributed by atoms with Gasteiger partial charge in [0.1, 0.15) is 5.82 Å². The average molecular weight is 429 g/mol. The van der Waals surface area contributed by atoms with E-state index in [1.807, 2.05) is 37.2 Å². The standard InChI is InChI=1S/C21H25FN6OS/c1-24-15-5-3-4-6-17(15)28(2)21-14(22)10-13(19(23)29)20(27-21)26-12-7-8-18-16(9-12)25-11-30-18/h7-11,15,17,24H,3-6H2,1-2H3,(H2,23,29)(H,26,27). The van der Waals surface area contributed by atoms with Crippen LogP contribution >= 0.6 is 11.3 Å². The number of amides is 1. The number of hydrogen-bond acceptors (Lipinski definition) is 7. The monoisotopic (exact) mass is 428 g/mol. The zero-order chi connectivity index (χ0) is 21.3. The molecule has 1 amide bonds. The normalized spacial score (nSPS) is 19.0. The predicted octanol–water partition coefficient (Wildman–Crippen LogP) is 3.64. The van der Waals surface area contributed by atoms with Crippen molar-refractivity contribution in [2.45, 2.75) is 37.8 Å². The number of hydrogen-bond donors (Lipinski definition) is 3. The highest BCUT2D eigenvalue weighted by Crippen LogP contribution is 2.31. The largest absolute Gasteiger partial charge is 0.365 e. The molecule has 0 bridgehead atoms. The molecule has 3 aromatic rings. The van der Waals surface area contributed by atoms with Crippen LogP contribution in [0.1, 0.15) is 36.0 Å². The Kier molecular flexibility index (Phi) is 5.83. The molecule has 4 N–H and O–H groups in total. The molecule has 9 heteroatoms. The van der Waals surface area contributed by atoms with Gasteiger partial charge in [-0.2, -0.15) is 0 Å². The van der Waals surface area contributed by atoms with Crippen LogP contribution in [0.25, 0.3) is 10.2 Å². The van der Waals surface area contributed by atoms with Crippen LogP contribution in [0.2, 0.25) is 0 Å². The Balaban J connectivity index is 1.70. The van der Waals surface area contributed by atoms with Gasteiger partial charge in [0.15, 0.2) is 11.6 Å². The smallest absolute Gasteiger partial charge is 0.252 e. The van der Waals surface area contributed by atoms with Gasteiger partial charge < -0.3 is 21.3 Å². The number of aromatic nitrogens is 2. The number of nitrogens with one attached hydrogen (secondary N) is 2. The lowest BCUT2D eigenvalue weighted by Crippen LogP contribution is -2.50. The van der Waals surface area contributed by atoms with E-state index in [-0.39, 0.29) is 29.3 Å². The van der Waals surface area contributed by atoms with Crippen molar-refractivity contribution in [3.63, 3.8) is 0 Å². The van der Waals surface area contributed by atoms with Crippen molar-refractivity contribution in [3.05, 3.63) is 41.2 Å². The summed E-state index contributed by atoms with van der Waals surface area (Å²) in [6.45, 7) is 0. The topological polar surface area (TPSA) is 96.2 Å². The molecule has 2 aromatic heterocycles. The number of anilines is 3. The highest BCUT2D eigenvalue weighted by molar-refractivity contribution is 7.16. The number of primary amides is 1. The minimum atomic E-state index is -0.737. The molecule has 30 heavy (non-hydrogen) atoms. The van der Waals surface area contributed by atoms with Crippen LogP contribution in [-0.2, 0) is 0 Å². The number of benzene rings is 1. The first-order valence-corrected chi connectivity index (χ1v) is 10.9. The summed E-state index contributed by atoms with van der Waals surface area (Å²) in [5, 5.41) is 6.47. The third-order valence-corrected chi connectivity index (χ3v) is 6.56. The summed E-state index contributed by atoms with van der Waals surface area (Å²) in [6, 6.07) is 7.21. The molecular formula is C21H25FN6OS. The van der Waals surface area contributed by atoms with E-state index in [0.29, 0.717) is 5.69 Å². The third-order valence-electron chi connectivity index (χ3n) is 5.75. The number of thiazole rings is 1. The lowest BCUT2D eigenvalue weighted by Gasteiger charge is -2.38. The van der Waals surface area contributed by atoms with Gasteiger partial charge in [0.05, 0.1) is 21.3 Å². The number of nitrogens with two attached hydrogens (primary N) is 1. The second kappa shape index (κ2) is 8.53. The van der Waals surface area contributed by atoms with E-state index >= 15 is 0 Å². The van der Waals surface area contributed by atoms with Gasteiger partial charge in [-0.3, -0.25) is 4.79 Å². The fraction of sp³-hybridized carbons (Fsp3) is 0.381. The van der Waals surface area contributed by atoms with Crippen molar-refractivity contribution in [1.29, 1.82) is 0 Å². The van der Waals surface area contributed by atoms with Crippen molar-refractivity contribution in [1.82, 2.24) is 15.3 Å². The first-order valence-electron chi connectivity index (χ1n) is 9.98. The fourth-order valence-electron chi connectivity index (χ4n) is 4.15. The van der Waals surface area contributed by atoms with Gasteiger partial charge >= 0.3 is 0 Å². The molecule has 7 nitrogen and oxygen atoms in total. The molecule has 1 aliphatic carbocycles. The van der Waals surface area contributed by atoms with Crippen LogP contribution in [0.15, 0.2) is 29.8 Å². The maximum atomic E-state index is 15.0. The van der Waals surface area contributed by atoms with Crippen LogP contribution in [0.3, 0.4) is 0 Å². The summed E-state index contributed by atoms with van der Waals surface area (Å²) in [4.78, 5) is 22.6. The van der Waals surface area contributed by atoms with Gasteiger partial charge in [-0.15, -0.1) is 11.3 Å². The summed E-state index contributed by atoms with van der Waals surface area (Å²) in [6.07, 6.45) is 4.22. The van der Waals surface area contributed by atoms with E-state index in [1.54, 1.807) is 16.8 Å². The van der Waals surface area contributed by atoms with Crippen molar-refractivity contribution >= 4 is 44.8 Å². The van der Waals surface area contributed by atoms with Crippen LogP contribution in [0.4, 0.5) is 21.7 Å². The minimum absolute atomic E-state index is 0.0110. The summed E-state index contributed by atoms with van der Waals surface area (Å²) >= 11 is 1.55. The molecule has 158 valence electrons. The lowest BCUT2D eigenvalue weighted by atomic mass is 9.89. The van der Waals surface area contributed by atoms with Crippen LogP contribution in [0.5, 0.6) is 0 Å². The summed E-state index contributed by atoms with van der Waals surface area (Å²) in [7, 11) is 3.78. The Hall–Kier alpha value is -2.78. The second-order valence-electron chi connectivity index (χ2n) is 7.57. The number of carbonyl (C=O) groups is 1. The van der Waals surface area contributed by atoms with Crippen LogP contribution < -0.4 is 21.3 Å². The lowest BCUT2D eigenvalue weighted by molar-refractivity contribution is 0.100. The van der Waals surface area contributed by atoms with Crippen LogP contribution in [0, 0.1) is 5.82 Å². The SMILES string of the molecule is CNC1CCCCC1N(C)c1nc(Nc2ccc3scnc3c2)c(C(N)=O)cc1F. The van der Waals surface area contributed by atoms with E-state index in [4.69, 9.17) is 5.73 Å². The summed E-state index contributed by atoms with van der Waals surface area (Å²) < 4.78 is 16.0. The van der Waals surface area contributed by atoms with Gasteiger partial charge in [-0.1, -0.05) is 12.8 Å². The van der Waals surface area contributed by atoms with Gasteiger partial charge in [0, 0.05) is 24.8 Å². The van der Waals surface area contributed by atoms with Crippen molar-refractivity contribution in [2.75, 3.05) is 24.3 Å². The van der Waals surface area contributed by atoms with E-state index in [2.05, 4.69) is 20.6 Å². The number of rotatable bonds is 6. The van der Waals surface area contributed by atoms with E-state index in [9.17, 15) is 9.18 Å². The zero-order valence-electron chi connectivity index (χ0n) is 17.0. The maximum absolute atomic E-state index is 15.0. The van der Waals surface area contributed by atoms with E-state index < -0.39 is 11.7 Å². The summed E-state index contributed by atoms with van der Waals surface area (Å²) in [5.74, 6) is -0.868. The molecule has 2 unspecified atom stereocenters. The Morgan fingerprint density at radius 3 is 2.87 bits per heavy atom. The number of carbonyl (C=O) groups excluding carboxylic acids is 1. The molecule has 0 radical (unpaired) electrons. The zero-order valence-corrected chi connectivity index (χ0v) is 17.8. The van der Waals surface area contributed by atoms with Gasteiger partial charge in [0.2, 0.25) is 0 Å². The molecule has 2 heterocycles. The molecule has 0 aliphatic heterocycles. The first-order chi connectivity index (χ1) is 14.5. The number of nitrogens with zero attached hydrogens (tertiary/aromatic N) is 3.